The van der Waals surface area contributed by atoms with Crippen LogP contribution in [0.2, 0.25) is 0 Å². The molecule has 0 spiro atoms. The zero-order chi connectivity index (χ0) is 14.4. The Morgan fingerprint density at radius 1 is 1.53 bits per heavy atom. The molecule has 0 radical (unpaired) electrons. The summed E-state index contributed by atoms with van der Waals surface area (Å²) < 4.78 is 0. The molecule has 1 atom stereocenters. The lowest BCUT2D eigenvalue weighted by molar-refractivity contribution is -0.384. The van der Waals surface area contributed by atoms with Crippen LogP contribution < -0.4 is 10.6 Å². The number of rotatable bonds is 6. The summed E-state index contributed by atoms with van der Waals surface area (Å²) in [6.45, 7) is 4.18. The molecule has 0 bridgehead atoms. The largest absolute Gasteiger partial charge is 0.387 e. The molecule has 0 aliphatic rings. The third-order valence-electron chi connectivity index (χ3n) is 2.50. The van der Waals surface area contributed by atoms with Gasteiger partial charge in [-0.1, -0.05) is 13.0 Å². The monoisotopic (exact) mass is 267 g/mol. The van der Waals surface area contributed by atoms with Crippen LogP contribution in [-0.4, -0.2) is 29.0 Å². The summed E-state index contributed by atoms with van der Waals surface area (Å²) in [7, 11) is 0. The number of amides is 1. The molecule has 0 heterocycles. The van der Waals surface area contributed by atoms with Crippen molar-refractivity contribution in [2.45, 2.75) is 20.0 Å². The van der Waals surface area contributed by atoms with E-state index in [0.29, 0.717) is 18.7 Å². The molecule has 3 N–H and O–H groups in total. The van der Waals surface area contributed by atoms with Crippen LogP contribution in [0.15, 0.2) is 18.2 Å². The van der Waals surface area contributed by atoms with E-state index in [1.165, 1.54) is 19.1 Å². The average Bonchev–Trinajstić information content (AvgIpc) is 2.35. The Balaban J connectivity index is 3.01. The maximum Gasteiger partial charge on any atom is 0.293 e. The van der Waals surface area contributed by atoms with Gasteiger partial charge in [0.2, 0.25) is 5.91 Å². The Kier molecular flexibility index (Phi) is 5.40. The third kappa shape index (κ3) is 4.31. The maximum absolute atomic E-state index is 11.0. The molecule has 1 aromatic rings. The minimum atomic E-state index is -0.829. The number of nitro benzene ring substituents is 1. The Morgan fingerprint density at radius 3 is 2.74 bits per heavy atom. The van der Waals surface area contributed by atoms with Gasteiger partial charge in [0.1, 0.15) is 5.69 Å². The summed E-state index contributed by atoms with van der Waals surface area (Å²) in [4.78, 5) is 21.3. The predicted molar refractivity (Wildman–Crippen MR) is 70.9 cm³/mol. The van der Waals surface area contributed by atoms with Gasteiger partial charge in [-0.05, 0) is 18.2 Å². The smallest absolute Gasteiger partial charge is 0.293 e. The van der Waals surface area contributed by atoms with Gasteiger partial charge in [-0.25, -0.2) is 0 Å². The Bertz CT molecular complexity index is 476. The Labute approximate surface area is 110 Å². The Hall–Kier alpha value is -1.99. The zero-order valence-electron chi connectivity index (χ0n) is 10.8. The van der Waals surface area contributed by atoms with Crippen molar-refractivity contribution in [1.29, 1.82) is 0 Å². The summed E-state index contributed by atoms with van der Waals surface area (Å²) >= 11 is 0. The fourth-order valence-electron chi connectivity index (χ4n) is 1.60. The molecule has 7 nitrogen and oxygen atoms in total. The molecule has 104 valence electrons. The van der Waals surface area contributed by atoms with E-state index >= 15 is 0 Å². The Morgan fingerprint density at radius 2 is 2.21 bits per heavy atom. The van der Waals surface area contributed by atoms with E-state index in [1.54, 1.807) is 6.07 Å². The fraction of sp³-hybridized carbons (Fsp3) is 0.417. The first-order valence-electron chi connectivity index (χ1n) is 5.90. The molecule has 0 saturated carbocycles. The van der Waals surface area contributed by atoms with Crippen LogP contribution in [0.3, 0.4) is 0 Å². The highest BCUT2D eigenvalue weighted by molar-refractivity contribution is 5.91. The molecule has 1 rings (SSSR count). The molecule has 0 saturated heterocycles. The van der Waals surface area contributed by atoms with Gasteiger partial charge >= 0.3 is 0 Å². The first-order chi connectivity index (χ1) is 8.95. The number of benzene rings is 1. The third-order valence-corrected chi connectivity index (χ3v) is 2.50. The highest BCUT2D eigenvalue weighted by Gasteiger charge is 2.18. The van der Waals surface area contributed by atoms with Gasteiger partial charge in [0.15, 0.2) is 0 Å². The van der Waals surface area contributed by atoms with Crippen molar-refractivity contribution in [3.05, 3.63) is 33.9 Å². The van der Waals surface area contributed by atoms with Crippen LogP contribution in [0.25, 0.3) is 0 Å². The van der Waals surface area contributed by atoms with Crippen molar-refractivity contribution >= 4 is 17.3 Å². The summed E-state index contributed by atoms with van der Waals surface area (Å²) in [5, 5.41) is 26.1. The number of nitro groups is 1. The lowest BCUT2D eigenvalue weighted by atomic mass is 10.1. The number of carbonyl (C=O) groups is 1. The van der Waals surface area contributed by atoms with E-state index in [2.05, 4.69) is 10.6 Å². The number of hydrogen-bond acceptors (Lipinski definition) is 5. The van der Waals surface area contributed by atoms with E-state index in [1.807, 2.05) is 6.92 Å². The highest BCUT2D eigenvalue weighted by atomic mass is 16.6. The number of anilines is 1. The summed E-state index contributed by atoms with van der Waals surface area (Å²) in [6, 6.07) is 4.25. The van der Waals surface area contributed by atoms with E-state index < -0.39 is 11.0 Å². The number of carbonyl (C=O) groups excluding carboxylic acids is 1. The molecule has 0 aliphatic carbocycles. The molecule has 1 aromatic carbocycles. The lowest BCUT2D eigenvalue weighted by Gasteiger charge is -2.12. The molecule has 7 heteroatoms. The zero-order valence-corrected chi connectivity index (χ0v) is 10.8. The molecule has 1 amide bonds. The standard InChI is InChI=1S/C12H17N3O4/c1-3-13-7-12(17)9-4-5-10(14-8(2)16)11(6-9)15(18)19/h4-6,12-13,17H,3,7H2,1-2H3,(H,14,16). The van der Waals surface area contributed by atoms with Crippen molar-refractivity contribution < 1.29 is 14.8 Å². The van der Waals surface area contributed by atoms with Gasteiger partial charge in [0, 0.05) is 19.5 Å². The molecule has 0 fully saturated rings. The molecule has 1 unspecified atom stereocenters. The van der Waals surface area contributed by atoms with Crippen LogP contribution in [0.5, 0.6) is 0 Å². The summed E-state index contributed by atoms with van der Waals surface area (Å²) in [6.07, 6.45) is -0.829. The number of hydrogen-bond donors (Lipinski definition) is 3. The van der Waals surface area contributed by atoms with Gasteiger partial charge in [-0.15, -0.1) is 0 Å². The summed E-state index contributed by atoms with van der Waals surface area (Å²) in [5.41, 5.74) is 0.321. The minimum absolute atomic E-state index is 0.122. The first kappa shape index (κ1) is 15.1. The van der Waals surface area contributed by atoms with E-state index in [9.17, 15) is 20.0 Å². The van der Waals surface area contributed by atoms with Gasteiger partial charge < -0.3 is 15.7 Å². The summed E-state index contributed by atoms with van der Waals surface area (Å²) in [5.74, 6) is -0.385. The van der Waals surface area contributed by atoms with Crippen molar-refractivity contribution in [3.8, 4) is 0 Å². The van der Waals surface area contributed by atoms with Crippen LogP contribution in [0.4, 0.5) is 11.4 Å². The second kappa shape index (κ2) is 6.81. The molecule has 0 aliphatic heterocycles. The number of nitrogens with zero attached hydrogens (tertiary/aromatic N) is 1. The molecule has 19 heavy (non-hydrogen) atoms. The van der Waals surface area contributed by atoms with Crippen molar-refractivity contribution in [2.24, 2.45) is 0 Å². The van der Waals surface area contributed by atoms with Gasteiger partial charge in [-0.3, -0.25) is 14.9 Å². The van der Waals surface area contributed by atoms with E-state index in [0.717, 1.165) is 0 Å². The highest BCUT2D eigenvalue weighted by Crippen LogP contribution is 2.28. The molecular formula is C12H17N3O4. The number of likely N-dealkylation sites (N-methyl/N-ethyl adjacent to an activating group) is 1. The maximum atomic E-state index is 11.0. The minimum Gasteiger partial charge on any atom is -0.387 e. The molecule has 0 aromatic heterocycles. The van der Waals surface area contributed by atoms with E-state index in [4.69, 9.17) is 0 Å². The van der Waals surface area contributed by atoms with Crippen molar-refractivity contribution in [1.82, 2.24) is 5.32 Å². The van der Waals surface area contributed by atoms with Crippen molar-refractivity contribution in [3.63, 3.8) is 0 Å². The second-order valence-corrected chi connectivity index (χ2v) is 4.04. The van der Waals surface area contributed by atoms with Crippen LogP contribution in [-0.2, 0) is 4.79 Å². The van der Waals surface area contributed by atoms with Gasteiger partial charge in [-0.2, -0.15) is 0 Å². The van der Waals surface area contributed by atoms with Gasteiger partial charge in [0.05, 0.1) is 11.0 Å². The topological polar surface area (TPSA) is 104 Å². The normalized spacial score (nSPS) is 11.9. The number of nitrogens with one attached hydrogen (secondary N) is 2. The number of aliphatic hydroxyl groups is 1. The SMILES string of the molecule is CCNCC(O)c1ccc(NC(C)=O)c([N+](=O)[O-])c1. The lowest BCUT2D eigenvalue weighted by Crippen LogP contribution is -2.21. The quantitative estimate of drug-likeness (QED) is 0.530. The van der Waals surface area contributed by atoms with Crippen LogP contribution >= 0.6 is 0 Å². The van der Waals surface area contributed by atoms with Crippen molar-refractivity contribution in [2.75, 3.05) is 18.4 Å². The van der Waals surface area contributed by atoms with Gasteiger partial charge in [0.25, 0.3) is 5.69 Å². The number of aliphatic hydroxyl groups excluding tert-OH is 1. The van der Waals surface area contributed by atoms with E-state index in [-0.39, 0.29) is 17.3 Å². The average molecular weight is 267 g/mol. The second-order valence-electron chi connectivity index (χ2n) is 4.04. The van der Waals surface area contributed by atoms with Crippen LogP contribution in [0, 0.1) is 10.1 Å². The predicted octanol–water partition coefficient (Wildman–Crippen LogP) is 1.20. The van der Waals surface area contributed by atoms with Crippen LogP contribution in [0.1, 0.15) is 25.5 Å². The first-order valence-corrected chi connectivity index (χ1v) is 5.90. The molecular weight excluding hydrogens is 250 g/mol. The fourth-order valence-corrected chi connectivity index (χ4v) is 1.60.